The van der Waals surface area contributed by atoms with Crippen molar-refractivity contribution in [3.63, 3.8) is 0 Å². The molecule has 0 aliphatic rings. The second-order valence-electron chi connectivity index (χ2n) is 6.58. The van der Waals surface area contributed by atoms with Gasteiger partial charge in [0.25, 0.3) is 0 Å². The first-order valence-electron chi connectivity index (χ1n) is 8.69. The molecule has 0 bridgehead atoms. The second-order valence-corrected chi connectivity index (χ2v) is 6.96. The van der Waals surface area contributed by atoms with Gasteiger partial charge in [0, 0.05) is 29.7 Å². The van der Waals surface area contributed by atoms with E-state index in [4.69, 9.17) is 16.9 Å². The van der Waals surface area contributed by atoms with Crippen molar-refractivity contribution in [3.8, 4) is 17.3 Å². The lowest BCUT2D eigenvalue weighted by Crippen LogP contribution is -2.36. The number of hydrogen-bond donors (Lipinski definition) is 2. The van der Waals surface area contributed by atoms with Crippen molar-refractivity contribution >= 4 is 17.5 Å². The number of aromatic nitrogens is 4. The van der Waals surface area contributed by atoms with Gasteiger partial charge in [-0.05, 0) is 26.0 Å². The number of amides is 1. The van der Waals surface area contributed by atoms with E-state index in [2.05, 4.69) is 20.4 Å². The van der Waals surface area contributed by atoms with Gasteiger partial charge in [0.05, 0.1) is 23.7 Å². The van der Waals surface area contributed by atoms with E-state index in [1.807, 2.05) is 0 Å². The number of hydrogen-bond acceptors (Lipinski definition) is 4. The van der Waals surface area contributed by atoms with Crippen LogP contribution in [0.4, 0.5) is 8.78 Å². The Morgan fingerprint density at radius 1 is 1.48 bits per heavy atom. The molecule has 3 rings (SSSR count). The summed E-state index contributed by atoms with van der Waals surface area (Å²) in [7, 11) is 0. The smallest absolute Gasteiger partial charge is 0.226 e. The first kappa shape index (κ1) is 20.5. The predicted octanol–water partition coefficient (Wildman–Crippen LogP) is 3.13. The Balaban J connectivity index is 1.67. The van der Waals surface area contributed by atoms with Crippen LogP contribution >= 0.6 is 11.6 Å². The minimum absolute atomic E-state index is 0.142. The van der Waals surface area contributed by atoms with Crippen molar-refractivity contribution < 1.29 is 13.6 Å². The van der Waals surface area contributed by atoms with Gasteiger partial charge in [-0.2, -0.15) is 10.4 Å². The molecule has 0 aliphatic heterocycles. The number of rotatable bonds is 6. The maximum Gasteiger partial charge on any atom is 0.226 e. The van der Waals surface area contributed by atoms with E-state index in [1.165, 1.54) is 16.8 Å². The molecule has 1 amide bonds. The molecule has 0 saturated carbocycles. The van der Waals surface area contributed by atoms with E-state index in [-0.39, 0.29) is 29.6 Å². The van der Waals surface area contributed by atoms with Crippen molar-refractivity contribution in [2.45, 2.75) is 32.9 Å². The molecule has 0 fully saturated rings. The number of nitrogens with one attached hydrogen (secondary N) is 2. The molecule has 0 saturated heterocycles. The number of nitriles is 1. The lowest BCUT2D eigenvalue weighted by atomic mass is 10.1. The summed E-state index contributed by atoms with van der Waals surface area (Å²) in [5.41, 5.74) is 0.190. The van der Waals surface area contributed by atoms with Crippen molar-refractivity contribution in [1.82, 2.24) is 25.1 Å². The molecule has 29 heavy (non-hydrogen) atoms. The number of imidazole rings is 1. The van der Waals surface area contributed by atoms with E-state index in [1.54, 1.807) is 26.2 Å². The summed E-state index contributed by atoms with van der Waals surface area (Å²) in [4.78, 5) is 19.1. The number of aryl methyl sites for hydroxylation is 1. The summed E-state index contributed by atoms with van der Waals surface area (Å²) in [6, 6.07) is 3.67. The Kier molecular flexibility index (Phi) is 5.94. The van der Waals surface area contributed by atoms with E-state index < -0.39 is 22.2 Å². The maximum atomic E-state index is 14.4. The normalized spacial score (nSPS) is 11.9. The highest BCUT2D eigenvalue weighted by molar-refractivity contribution is 6.32. The van der Waals surface area contributed by atoms with Gasteiger partial charge in [-0.15, -0.1) is 0 Å². The molecule has 2 heterocycles. The van der Waals surface area contributed by atoms with Gasteiger partial charge in [-0.25, -0.2) is 13.8 Å². The second kappa shape index (κ2) is 8.41. The topological polar surface area (TPSA) is 99.4 Å². The zero-order chi connectivity index (χ0) is 21.1. The van der Waals surface area contributed by atoms with Crippen molar-refractivity contribution in [2.75, 3.05) is 0 Å². The van der Waals surface area contributed by atoms with Gasteiger partial charge < -0.3 is 10.3 Å². The third kappa shape index (κ3) is 4.60. The zero-order valence-corrected chi connectivity index (χ0v) is 16.4. The van der Waals surface area contributed by atoms with Crippen LogP contribution in [0.2, 0.25) is 5.02 Å². The third-order valence-corrected chi connectivity index (χ3v) is 4.52. The maximum absolute atomic E-state index is 14.4. The van der Waals surface area contributed by atoms with Gasteiger partial charge in [0.15, 0.2) is 5.82 Å². The number of benzene rings is 1. The lowest BCUT2D eigenvalue weighted by Gasteiger charge is -2.13. The first-order chi connectivity index (χ1) is 13.8. The van der Waals surface area contributed by atoms with Crippen LogP contribution in [0.3, 0.4) is 0 Å². The van der Waals surface area contributed by atoms with Crippen LogP contribution in [0, 0.1) is 29.9 Å². The largest absolute Gasteiger partial charge is 0.351 e. The fourth-order valence-corrected chi connectivity index (χ4v) is 3.11. The quantitative estimate of drug-likeness (QED) is 0.601. The monoisotopic (exact) mass is 418 g/mol. The number of H-pyrrole nitrogens is 1. The molecule has 1 atom stereocenters. The van der Waals surface area contributed by atoms with Crippen LogP contribution in [-0.2, 0) is 17.8 Å². The molecule has 2 N–H and O–H groups in total. The highest BCUT2D eigenvalue weighted by Crippen LogP contribution is 2.31. The van der Waals surface area contributed by atoms with Crippen LogP contribution in [0.25, 0.3) is 11.3 Å². The highest BCUT2D eigenvalue weighted by Gasteiger charge is 2.20. The third-order valence-electron chi connectivity index (χ3n) is 4.16. The molecular weight excluding hydrogens is 402 g/mol. The molecule has 3 aromatic rings. The Morgan fingerprint density at radius 3 is 2.90 bits per heavy atom. The average molecular weight is 419 g/mol. The molecule has 0 spiro atoms. The van der Waals surface area contributed by atoms with Crippen LogP contribution in [-0.4, -0.2) is 31.7 Å². The van der Waals surface area contributed by atoms with Gasteiger partial charge >= 0.3 is 0 Å². The molecule has 1 aromatic carbocycles. The Hall–Kier alpha value is -3.25. The SMILES string of the molecule is Cc1ncc(CC(=O)N[C@@H](C)Cn2ccc(-c3cc(F)c(C#N)c(Cl)c3F)n2)[nH]1. The van der Waals surface area contributed by atoms with E-state index in [0.29, 0.717) is 12.2 Å². The minimum Gasteiger partial charge on any atom is -0.351 e. The molecule has 2 aromatic heterocycles. The van der Waals surface area contributed by atoms with Gasteiger partial charge in [-0.3, -0.25) is 9.48 Å². The zero-order valence-electron chi connectivity index (χ0n) is 15.6. The summed E-state index contributed by atoms with van der Waals surface area (Å²) >= 11 is 5.74. The molecule has 0 unspecified atom stereocenters. The number of carbonyl (C=O) groups excluding carboxylic acids is 1. The fourth-order valence-electron chi connectivity index (χ4n) is 2.88. The van der Waals surface area contributed by atoms with E-state index in [0.717, 1.165) is 11.9 Å². The molecule has 7 nitrogen and oxygen atoms in total. The predicted molar refractivity (Wildman–Crippen MR) is 102 cm³/mol. The van der Waals surface area contributed by atoms with Crippen LogP contribution < -0.4 is 5.32 Å². The summed E-state index contributed by atoms with van der Waals surface area (Å²) in [5.74, 6) is -1.28. The first-order valence-corrected chi connectivity index (χ1v) is 9.07. The van der Waals surface area contributed by atoms with E-state index in [9.17, 15) is 13.6 Å². The summed E-state index contributed by atoms with van der Waals surface area (Å²) in [6.07, 6.45) is 3.36. The van der Waals surface area contributed by atoms with Crippen LogP contribution in [0.5, 0.6) is 0 Å². The average Bonchev–Trinajstić information content (AvgIpc) is 3.27. The fraction of sp³-hybridized carbons (Fsp3) is 0.263. The standard InChI is InChI=1S/C19H17ClF2N6O/c1-10(25-17(29)5-12-8-24-11(2)26-12)9-28-4-3-16(27-28)13-6-15(21)14(7-23)18(20)19(13)22/h3-4,6,8,10H,5,9H2,1-2H3,(H,24,26)(H,25,29)/t10-/m0/s1. The van der Waals surface area contributed by atoms with Crippen molar-refractivity contribution in [1.29, 1.82) is 5.26 Å². The number of carbonyl (C=O) groups is 1. The number of nitrogens with zero attached hydrogens (tertiary/aromatic N) is 4. The van der Waals surface area contributed by atoms with Gasteiger partial charge in [-0.1, -0.05) is 11.6 Å². The van der Waals surface area contributed by atoms with Crippen LogP contribution in [0.1, 0.15) is 24.0 Å². The molecule has 10 heteroatoms. The number of aromatic amines is 1. The Bertz CT molecular complexity index is 1100. The van der Waals surface area contributed by atoms with Gasteiger partial charge in [0.2, 0.25) is 5.91 Å². The van der Waals surface area contributed by atoms with Gasteiger partial charge in [0.1, 0.15) is 23.3 Å². The lowest BCUT2D eigenvalue weighted by molar-refractivity contribution is -0.121. The Labute approximate surface area is 170 Å². The summed E-state index contributed by atoms with van der Waals surface area (Å²) in [5, 5.41) is 15.3. The minimum atomic E-state index is -0.918. The summed E-state index contributed by atoms with van der Waals surface area (Å²) < 4.78 is 29.9. The molecular formula is C19H17ClF2N6O. The summed E-state index contributed by atoms with van der Waals surface area (Å²) in [6.45, 7) is 3.92. The highest BCUT2D eigenvalue weighted by atomic mass is 35.5. The Morgan fingerprint density at radius 2 is 2.24 bits per heavy atom. The van der Waals surface area contributed by atoms with Crippen molar-refractivity contribution in [3.05, 3.63) is 58.3 Å². The van der Waals surface area contributed by atoms with E-state index >= 15 is 0 Å². The molecule has 0 radical (unpaired) electrons. The molecule has 150 valence electrons. The number of halogens is 3. The molecule has 0 aliphatic carbocycles. The van der Waals surface area contributed by atoms with Crippen molar-refractivity contribution in [2.24, 2.45) is 0 Å². The van der Waals surface area contributed by atoms with Crippen LogP contribution in [0.15, 0.2) is 24.5 Å².